The first kappa shape index (κ1) is 16.9. The highest BCUT2D eigenvalue weighted by atomic mass is 79.9. The Morgan fingerprint density at radius 3 is 2.70 bits per heavy atom. The van der Waals surface area contributed by atoms with Crippen LogP contribution < -0.4 is 16.4 Å². The van der Waals surface area contributed by atoms with Crippen molar-refractivity contribution in [3.63, 3.8) is 0 Å². The third kappa shape index (κ3) is 4.49. The lowest BCUT2D eigenvalue weighted by Gasteiger charge is -2.07. The number of nitrogen functional groups attached to an aromatic ring is 1. The normalized spacial score (nSPS) is 10.7. The molecule has 0 aliphatic rings. The number of nitriles is 1. The smallest absolute Gasteiger partial charge is 0.267 e. The minimum absolute atomic E-state index is 0.0753. The zero-order chi connectivity index (χ0) is 16.8. The fourth-order valence-corrected chi connectivity index (χ4v) is 2.26. The van der Waals surface area contributed by atoms with Crippen molar-refractivity contribution in [3.8, 4) is 6.07 Å². The molecule has 0 saturated heterocycles. The van der Waals surface area contributed by atoms with Crippen LogP contribution in [0.4, 0.5) is 17.1 Å². The molecule has 2 rings (SSSR count). The first-order chi connectivity index (χ1) is 11.0. The van der Waals surface area contributed by atoms with Crippen LogP contribution in [0, 0.1) is 11.3 Å². The summed E-state index contributed by atoms with van der Waals surface area (Å²) in [6.45, 7) is 0. The maximum atomic E-state index is 12.1. The number of rotatable bonds is 4. The molecule has 0 heterocycles. The van der Waals surface area contributed by atoms with E-state index in [1.807, 2.05) is 30.3 Å². The predicted octanol–water partition coefficient (Wildman–Crippen LogP) is 4.14. The molecule has 0 bridgehead atoms. The fraction of sp³-hybridized carbons (Fsp3) is 0. The summed E-state index contributed by atoms with van der Waals surface area (Å²) in [6.07, 6.45) is 1.34. The highest BCUT2D eigenvalue weighted by molar-refractivity contribution is 9.10. The Hall–Kier alpha value is -2.49. The van der Waals surface area contributed by atoms with Gasteiger partial charge in [0.05, 0.1) is 16.4 Å². The average Bonchev–Trinajstić information content (AvgIpc) is 2.53. The van der Waals surface area contributed by atoms with Crippen molar-refractivity contribution < 1.29 is 4.79 Å². The van der Waals surface area contributed by atoms with E-state index >= 15 is 0 Å². The molecule has 116 valence electrons. The highest BCUT2D eigenvalue weighted by Crippen LogP contribution is 2.23. The molecule has 0 spiro atoms. The molecule has 0 aliphatic carbocycles. The van der Waals surface area contributed by atoms with Crippen LogP contribution in [0.15, 0.2) is 58.7 Å². The van der Waals surface area contributed by atoms with E-state index in [1.165, 1.54) is 12.3 Å². The molecule has 0 aliphatic heterocycles. The fourth-order valence-electron chi connectivity index (χ4n) is 1.68. The minimum atomic E-state index is -0.548. The predicted molar refractivity (Wildman–Crippen MR) is 96.0 cm³/mol. The maximum Gasteiger partial charge on any atom is 0.267 e. The lowest BCUT2D eigenvalue weighted by atomic mass is 10.2. The monoisotopic (exact) mass is 390 g/mol. The number of benzene rings is 2. The Bertz CT molecular complexity index is 814. The maximum absolute atomic E-state index is 12.1. The van der Waals surface area contributed by atoms with E-state index in [0.717, 1.165) is 10.2 Å². The molecule has 2 aromatic carbocycles. The van der Waals surface area contributed by atoms with Gasteiger partial charge in [0.25, 0.3) is 5.91 Å². The number of nitrogens with zero attached hydrogens (tertiary/aromatic N) is 1. The SMILES string of the molecule is N#C/C(=C/Nc1ccccc1Br)C(=O)Nc1ccc(N)c(Cl)c1. The molecule has 5 nitrogen and oxygen atoms in total. The topological polar surface area (TPSA) is 90.9 Å². The number of anilines is 3. The standard InChI is InChI=1S/C16H12BrClN4O/c17-12-3-1-2-4-15(12)21-9-10(8-19)16(23)22-11-5-6-14(20)13(18)7-11/h1-7,9,21H,20H2,(H,22,23)/b10-9-. The van der Waals surface area contributed by atoms with Crippen molar-refractivity contribution in [2.45, 2.75) is 0 Å². The van der Waals surface area contributed by atoms with Crippen molar-refractivity contribution in [2.24, 2.45) is 0 Å². The van der Waals surface area contributed by atoms with Gasteiger partial charge in [-0.05, 0) is 46.3 Å². The Morgan fingerprint density at radius 1 is 1.30 bits per heavy atom. The molecule has 0 unspecified atom stereocenters. The number of nitrogens with two attached hydrogens (primary N) is 1. The second-order valence-electron chi connectivity index (χ2n) is 4.48. The van der Waals surface area contributed by atoms with E-state index in [1.54, 1.807) is 12.1 Å². The lowest BCUT2D eigenvalue weighted by Crippen LogP contribution is -2.14. The van der Waals surface area contributed by atoms with E-state index in [-0.39, 0.29) is 5.57 Å². The zero-order valence-electron chi connectivity index (χ0n) is 11.8. The van der Waals surface area contributed by atoms with Gasteiger partial charge >= 0.3 is 0 Å². The third-order valence-electron chi connectivity index (χ3n) is 2.87. The van der Waals surface area contributed by atoms with Gasteiger partial charge in [0.2, 0.25) is 0 Å². The molecule has 0 saturated carbocycles. The Balaban J connectivity index is 2.12. The summed E-state index contributed by atoms with van der Waals surface area (Å²) in [7, 11) is 0. The van der Waals surface area contributed by atoms with Gasteiger partial charge < -0.3 is 16.4 Å². The lowest BCUT2D eigenvalue weighted by molar-refractivity contribution is -0.112. The molecule has 0 radical (unpaired) electrons. The van der Waals surface area contributed by atoms with Crippen LogP contribution in [0.2, 0.25) is 5.02 Å². The van der Waals surface area contributed by atoms with Crippen LogP contribution in [-0.2, 0) is 4.79 Å². The van der Waals surface area contributed by atoms with E-state index in [2.05, 4.69) is 26.6 Å². The van der Waals surface area contributed by atoms with E-state index in [0.29, 0.717) is 16.4 Å². The van der Waals surface area contributed by atoms with E-state index in [4.69, 9.17) is 22.6 Å². The van der Waals surface area contributed by atoms with Gasteiger partial charge in [-0.25, -0.2) is 0 Å². The molecular weight excluding hydrogens is 380 g/mol. The van der Waals surface area contributed by atoms with Crippen LogP contribution in [0.25, 0.3) is 0 Å². The van der Waals surface area contributed by atoms with Crippen LogP contribution in [0.3, 0.4) is 0 Å². The van der Waals surface area contributed by atoms with Crippen molar-refractivity contribution in [1.29, 1.82) is 5.26 Å². The first-order valence-corrected chi connectivity index (χ1v) is 7.66. The van der Waals surface area contributed by atoms with Gasteiger partial charge in [0.15, 0.2) is 0 Å². The van der Waals surface area contributed by atoms with E-state index < -0.39 is 5.91 Å². The highest BCUT2D eigenvalue weighted by Gasteiger charge is 2.10. The van der Waals surface area contributed by atoms with Crippen LogP contribution in [0.1, 0.15) is 0 Å². The van der Waals surface area contributed by atoms with Gasteiger partial charge in [0.1, 0.15) is 11.6 Å². The zero-order valence-corrected chi connectivity index (χ0v) is 14.1. The molecule has 23 heavy (non-hydrogen) atoms. The number of hydrogen-bond acceptors (Lipinski definition) is 4. The Morgan fingerprint density at radius 2 is 2.04 bits per heavy atom. The Kier molecular flexibility index (Phi) is 5.63. The largest absolute Gasteiger partial charge is 0.398 e. The summed E-state index contributed by atoms with van der Waals surface area (Å²) in [5.41, 5.74) is 7.14. The van der Waals surface area contributed by atoms with Gasteiger partial charge in [-0.15, -0.1) is 0 Å². The van der Waals surface area contributed by atoms with Gasteiger partial charge in [-0.2, -0.15) is 5.26 Å². The molecule has 7 heteroatoms. The Labute approximate surface area is 146 Å². The molecular formula is C16H12BrClN4O. The molecule has 4 N–H and O–H groups in total. The van der Waals surface area contributed by atoms with Crippen LogP contribution in [-0.4, -0.2) is 5.91 Å². The second kappa shape index (κ2) is 7.68. The number of hydrogen-bond donors (Lipinski definition) is 3. The number of nitrogens with one attached hydrogen (secondary N) is 2. The number of para-hydroxylation sites is 1. The summed E-state index contributed by atoms with van der Waals surface area (Å²) >= 11 is 9.27. The van der Waals surface area contributed by atoms with Crippen molar-refractivity contribution in [1.82, 2.24) is 0 Å². The van der Waals surface area contributed by atoms with Crippen LogP contribution in [0.5, 0.6) is 0 Å². The minimum Gasteiger partial charge on any atom is -0.398 e. The van der Waals surface area contributed by atoms with Crippen LogP contribution >= 0.6 is 27.5 Å². The quantitative estimate of drug-likeness (QED) is 0.415. The van der Waals surface area contributed by atoms with Gasteiger partial charge in [0, 0.05) is 16.4 Å². The summed E-state index contributed by atoms with van der Waals surface area (Å²) in [5.74, 6) is -0.548. The molecule has 0 fully saturated rings. The number of carbonyl (C=O) groups excluding carboxylic acids is 1. The molecule has 2 aromatic rings. The third-order valence-corrected chi connectivity index (χ3v) is 3.89. The summed E-state index contributed by atoms with van der Waals surface area (Å²) in [5, 5.41) is 15.0. The van der Waals surface area contributed by atoms with Gasteiger partial charge in [-0.3, -0.25) is 4.79 Å². The summed E-state index contributed by atoms with van der Waals surface area (Å²) in [6, 6.07) is 13.9. The van der Waals surface area contributed by atoms with Crippen molar-refractivity contribution in [3.05, 3.63) is 63.7 Å². The van der Waals surface area contributed by atoms with E-state index in [9.17, 15) is 4.79 Å². The first-order valence-electron chi connectivity index (χ1n) is 6.49. The van der Waals surface area contributed by atoms with Crippen molar-refractivity contribution in [2.75, 3.05) is 16.4 Å². The number of halogens is 2. The van der Waals surface area contributed by atoms with Gasteiger partial charge in [-0.1, -0.05) is 23.7 Å². The summed E-state index contributed by atoms with van der Waals surface area (Å²) in [4.78, 5) is 12.1. The number of carbonyl (C=O) groups is 1. The average molecular weight is 392 g/mol. The number of amides is 1. The molecule has 0 aromatic heterocycles. The molecule has 0 atom stereocenters. The van der Waals surface area contributed by atoms with Crippen molar-refractivity contribution >= 4 is 50.5 Å². The molecule has 1 amide bonds. The summed E-state index contributed by atoms with van der Waals surface area (Å²) < 4.78 is 0.819. The second-order valence-corrected chi connectivity index (χ2v) is 5.75.